The molecule has 2 aromatic rings. The Kier molecular flexibility index (Phi) is 5.75. The molecule has 2 aromatic carbocycles. The molecule has 4 rings (SSSR count). The van der Waals surface area contributed by atoms with Crippen LogP contribution < -0.4 is 5.32 Å². The van der Waals surface area contributed by atoms with Gasteiger partial charge in [-0.3, -0.25) is 4.99 Å². The first kappa shape index (κ1) is 22.7. The molecule has 0 spiro atoms. The second-order valence-electron chi connectivity index (χ2n) is 7.91. The van der Waals surface area contributed by atoms with E-state index in [1.54, 1.807) is 6.92 Å². The van der Waals surface area contributed by atoms with Gasteiger partial charge in [-0.2, -0.15) is 13.2 Å². The molecule has 170 valence electrons. The number of benzene rings is 2. The molecule has 0 amide bonds. The molecule has 10 heteroatoms. The van der Waals surface area contributed by atoms with Crippen molar-refractivity contribution in [2.45, 2.75) is 50.6 Å². The highest BCUT2D eigenvalue weighted by Crippen LogP contribution is 2.41. The number of alkyl halides is 3. The lowest BCUT2D eigenvalue weighted by molar-refractivity contribution is -0.137. The van der Waals surface area contributed by atoms with Crippen LogP contribution in [0.4, 0.5) is 27.6 Å². The third kappa shape index (κ3) is 4.11. The minimum atomic E-state index is -4.79. The van der Waals surface area contributed by atoms with E-state index in [9.17, 15) is 27.1 Å². The van der Waals surface area contributed by atoms with Crippen molar-refractivity contribution in [2.75, 3.05) is 5.32 Å². The van der Waals surface area contributed by atoms with Crippen molar-refractivity contribution in [2.24, 2.45) is 9.98 Å². The van der Waals surface area contributed by atoms with Gasteiger partial charge in [0.05, 0.1) is 27.5 Å². The smallest absolute Gasteiger partial charge is 0.369 e. The molecule has 0 saturated heterocycles. The Labute approximate surface area is 185 Å². The number of benzodiazepines with no additional fused rings is 1. The highest BCUT2D eigenvalue weighted by Gasteiger charge is 2.38. The first-order valence-electron chi connectivity index (χ1n) is 10.0. The van der Waals surface area contributed by atoms with Crippen molar-refractivity contribution in [1.82, 2.24) is 0 Å². The van der Waals surface area contributed by atoms with Crippen molar-refractivity contribution in [3.8, 4) is 0 Å². The summed E-state index contributed by atoms with van der Waals surface area (Å²) in [6.45, 7) is 1.56. The van der Waals surface area contributed by atoms with Crippen LogP contribution in [0.25, 0.3) is 0 Å². The van der Waals surface area contributed by atoms with E-state index < -0.39 is 45.7 Å². The van der Waals surface area contributed by atoms with Crippen LogP contribution in [-0.2, 0) is 6.18 Å². The van der Waals surface area contributed by atoms with Crippen LogP contribution >= 0.6 is 11.6 Å². The number of anilines is 1. The Morgan fingerprint density at radius 1 is 1.09 bits per heavy atom. The summed E-state index contributed by atoms with van der Waals surface area (Å²) in [4.78, 5) is 8.71. The normalized spacial score (nSPS) is 21.7. The summed E-state index contributed by atoms with van der Waals surface area (Å²) in [5.74, 6) is -1.83. The van der Waals surface area contributed by atoms with Gasteiger partial charge in [0.25, 0.3) is 0 Å². The lowest BCUT2D eigenvalue weighted by atomic mass is 9.97. The van der Waals surface area contributed by atoms with Crippen LogP contribution in [-0.4, -0.2) is 28.4 Å². The molecule has 1 aliphatic carbocycles. The van der Waals surface area contributed by atoms with Gasteiger partial charge in [0.1, 0.15) is 23.5 Å². The topological polar surface area (TPSA) is 57.0 Å². The van der Waals surface area contributed by atoms with Crippen LogP contribution in [0.15, 0.2) is 40.3 Å². The Hall–Kier alpha value is -2.52. The van der Waals surface area contributed by atoms with Gasteiger partial charge in [0, 0.05) is 5.56 Å². The van der Waals surface area contributed by atoms with Gasteiger partial charge in [-0.1, -0.05) is 17.7 Å². The van der Waals surface area contributed by atoms with Crippen LogP contribution in [0.1, 0.15) is 49.3 Å². The first-order chi connectivity index (χ1) is 15.0. The number of rotatable bonds is 2. The molecular weight excluding hydrogens is 453 g/mol. The van der Waals surface area contributed by atoms with Gasteiger partial charge in [0.15, 0.2) is 5.72 Å². The Balaban J connectivity index is 1.99. The fourth-order valence-electron chi connectivity index (χ4n) is 4.00. The molecule has 2 aliphatic rings. The molecule has 4 nitrogen and oxygen atoms in total. The molecule has 1 heterocycles. The van der Waals surface area contributed by atoms with Gasteiger partial charge in [-0.05, 0) is 56.9 Å². The minimum Gasteiger partial charge on any atom is -0.369 e. The van der Waals surface area contributed by atoms with E-state index in [4.69, 9.17) is 11.6 Å². The predicted molar refractivity (Wildman–Crippen MR) is 112 cm³/mol. The summed E-state index contributed by atoms with van der Waals surface area (Å²) in [6, 6.07) is 4.16. The maximum atomic E-state index is 14.7. The molecular formula is C22H19ClF5N3O. The molecule has 1 unspecified atom stereocenters. The molecule has 0 aromatic heterocycles. The summed E-state index contributed by atoms with van der Waals surface area (Å²) < 4.78 is 69.9. The van der Waals surface area contributed by atoms with E-state index in [1.165, 1.54) is 0 Å². The first-order valence-corrected chi connectivity index (χ1v) is 10.4. The molecule has 32 heavy (non-hydrogen) atoms. The molecule has 2 N–H and O–H groups in total. The van der Waals surface area contributed by atoms with Gasteiger partial charge in [0.2, 0.25) is 0 Å². The SMILES string of the molecule is CC1N=C(c2c(F)cccc2F)c2c(ccc(C(F)(F)F)c2Cl)N/C1=N\C1(O)CCCC1. The number of fused-ring (bicyclic) bond motifs is 1. The average molecular weight is 472 g/mol. The van der Waals surface area contributed by atoms with Crippen molar-refractivity contribution >= 4 is 28.8 Å². The summed E-state index contributed by atoms with van der Waals surface area (Å²) in [7, 11) is 0. The van der Waals surface area contributed by atoms with Crippen LogP contribution in [0.5, 0.6) is 0 Å². The molecule has 1 aliphatic heterocycles. The quantitative estimate of drug-likeness (QED) is 0.532. The second-order valence-corrected chi connectivity index (χ2v) is 8.29. The van der Waals surface area contributed by atoms with Gasteiger partial charge in [-0.25, -0.2) is 13.8 Å². The van der Waals surface area contributed by atoms with Crippen LogP contribution in [0.2, 0.25) is 5.02 Å². The fraction of sp³-hybridized carbons (Fsp3) is 0.364. The summed E-state index contributed by atoms with van der Waals surface area (Å²) in [5.41, 5.74) is -3.70. The lowest BCUT2D eigenvalue weighted by Gasteiger charge is -2.21. The Morgan fingerprint density at radius 3 is 2.31 bits per heavy atom. The number of nitrogens with zero attached hydrogens (tertiary/aromatic N) is 2. The Morgan fingerprint density at radius 2 is 1.72 bits per heavy atom. The number of amidine groups is 1. The second kappa shape index (κ2) is 8.12. The summed E-state index contributed by atoms with van der Waals surface area (Å²) >= 11 is 6.15. The standard InChI is InChI=1S/C22H19ClF5N3O/c1-11-20(31-21(32)9-2-3-10-21)30-15-8-7-12(22(26,27)28)18(23)17(15)19(29-11)16-13(24)5-4-6-14(16)25/h4-8,11,32H,2-3,9-10H2,1H3,(H,30,31). The molecule has 1 atom stereocenters. The number of hydrogen-bond donors (Lipinski definition) is 2. The minimum absolute atomic E-state index is 0.0501. The van der Waals surface area contributed by atoms with Crippen molar-refractivity contribution in [3.05, 3.63) is 63.7 Å². The third-order valence-corrected chi connectivity index (χ3v) is 5.99. The number of nitrogens with one attached hydrogen (secondary N) is 1. The third-order valence-electron chi connectivity index (χ3n) is 5.60. The zero-order chi connectivity index (χ0) is 23.3. The number of halogens is 6. The number of hydrogen-bond acceptors (Lipinski definition) is 3. The van der Waals surface area contributed by atoms with E-state index in [2.05, 4.69) is 15.3 Å². The van der Waals surface area contributed by atoms with Crippen LogP contribution in [0.3, 0.4) is 0 Å². The summed E-state index contributed by atoms with van der Waals surface area (Å²) in [6.07, 6.45) is -2.41. The fourth-order valence-corrected chi connectivity index (χ4v) is 4.37. The van der Waals surface area contributed by atoms with Crippen molar-refractivity contribution in [1.29, 1.82) is 0 Å². The van der Waals surface area contributed by atoms with E-state index >= 15 is 0 Å². The van der Waals surface area contributed by atoms with Crippen molar-refractivity contribution in [3.63, 3.8) is 0 Å². The zero-order valence-corrected chi connectivity index (χ0v) is 17.7. The average Bonchev–Trinajstić information content (AvgIpc) is 3.06. The molecule has 0 radical (unpaired) electrons. The van der Waals surface area contributed by atoms with Gasteiger partial charge >= 0.3 is 6.18 Å². The van der Waals surface area contributed by atoms with Crippen LogP contribution in [0, 0.1) is 11.6 Å². The van der Waals surface area contributed by atoms with Gasteiger partial charge in [-0.15, -0.1) is 0 Å². The van der Waals surface area contributed by atoms with E-state index in [0.29, 0.717) is 12.8 Å². The monoisotopic (exact) mass is 471 g/mol. The Bertz CT molecular complexity index is 1100. The molecule has 1 saturated carbocycles. The highest BCUT2D eigenvalue weighted by atomic mass is 35.5. The predicted octanol–water partition coefficient (Wildman–Crippen LogP) is 5.95. The zero-order valence-electron chi connectivity index (χ0n) is 16.9. The highest BCUT2D eigenvalue weighted by molar-refractivity contribution is 6.38. The molecule has 1 fully saturated rings. The summed E-state index contributed by atoms with van der Waals surface area (Å²) in [5, 5.41) is 12.9. The number of aliphatic hydroxyl groups is 1. The number of aliphatic imine (C=N–C) groups is 2. The lowest BCUT2D eigenvalue weighted by Crippen LogP contribution is -2.31. The van der Waals surface area contributed by atoms with Crippen molar-refractivity contribution < 1.29 is 27.1 Å². The largest absolute Gasteiger partial charge is 0.417 e. The molecule has 0 bridgehead atoms. The van der Waals surface area contributed by atoms with E-state index in [-0.39, 0.29) is 22.8 Å². The van der Waals surface area contributed by atoms with E-state index in [0.717, 1.165) is 43.2 Å². The maximum Gasteiger partial charge on any atom is 0.417 e. The van der Waals surface area contributed by atoms with Gasteiger partial charge < -0.3 is 10.4 Å². The maximum absolute atomic E-state index is 14.7. The van der Waals surface area contributed by atoms with E-state index in [1.807, 2.05) is 0 Å².